The molecule has 0 aliphatic carbocycles. The second-order valence-electron chi connectivity index (χ2n) is 3.58. The van der Waals surface area contributed by atoms with Crippen molar-refractivity contribution in [1.29, 1.82) is 0 Å². The number of ether oxygens (including phenoxy) is 2. The van der Waals surface area contributed by atoms with Crippen molar-refractivity contribution in [2.45, 2.75) is 20.3 Å². The molecule has 0 spiro atoms. The van der Waals surface area contributed by atoms with Crippen LogP contribution in [0.3, 0.4) is 0 Å². The lowest BCUT2D eigenvalue weighted by Crippen LogP contribution is -2.27. The van der Waals surface area contributed by atoms with E-state index in [9.17, 15) is 19.2 Å². The van der Waals surface area contributed by atoms with Gasteiger partial charge in [-0.2, -0.15) is 0 Å². The normalized spacial score (nSPS) is 9.37. The molecule has 0 unspecified atom stereocenters. The summed E-state index contributed by atoms with van der Waals surface area (Å²) in [5.41, 5.74) is 0. The highest BCUT2D eigenvalue weighted by Gasteiger charge is 2.11. The molecule has 0 aromatic rings. The van der Waals surface area contributed by atoms with Crippen molar-refractivity contribution in [3.63, 3.8) is 0 Å². The second kappa shape index (κ2) is 9.86. The van der Waals surface area contributed by atoms with Crippen molar-refractivity contribution < 1.29 is 28.7 Å². The van der Waals surface area contributed by atoms with Crippen molar-refractivity contribution in [2.24, 2.45) is 0 Å². The maximum atomic E-state index is 11.1. The lowest BCUT2D eigenvalue weighted by molar-refractivity contribution is -0.154. The lowest BCUT2D eigenvalue weighted by atomic mass is 10.4. The highest BCUT2D eigenvalue weighted by molar-refractivity contribution is 5.91. The van der Waals surface area contributed by atoms with Gasteiger partial charge in [0.25, 0.3) is 0 Å². The number of hydrogen-bond acceptors (Lipinski definition) is 6. The molecule has 2 amide bonds. The van der Waals surface area contributed by atoms with Crippen molar-refractivity contribution in [2.75, 3.05) is 26.3 Å². The number of amides is 2. The predicted molar refractivity (Wildman–Crippen MR) is 63.9 cm³/mol. The van der Waals surface area contributed by atoms with Crippen LogP contribution < -0.4 is 10.6 Å². The average Bonchev–Trinajstić information content (AvgIpc) is 2.30. The van der Waals surface area contributed by atoms with Crippen molar-refractivity contribution in [3.05, 3.63) is 0 Å². The summed E-state index contributed by atoms with van der Waals surface area (Å²) in [4.78, 5) is 43.3. The molecular formula is C11H18N2O6. The minimum atomic E-state index is -0.727. The fraction of sp³-hybridized carbons (Fsp3) is 0.636. The first kappa shape index (κ1) is 16.9. The van der Waals surface area contributed by atoms with E-state index in [1.54, 1.807) is 0 Å². The van der Waals surface area contributed by atoms with Gasteiger partial charge in [-0.25, -0.2) is 0 Å². The van der Waals surface area contributed by atoms with Crippen molar-refractivity contribution in [1.82, 2.24) is 10.6 Å². The van der Waals surface area contributed by atoms with E-state index >= 15 is 0 Å². The molecule has 108 valence electrons. The Morgan fingerprint density at radius 1 is 0.789 bits per heavy atom. The molecule has 8 nitrogen and oxygen atoms in total. The Labute approximate surface area is 110 Å². The topological polar surface area (TPSA) is 111 Å². The Morgan fingerprint density at radius 3 is 1.47 bits per heavy atom. The van der Waals surface area contributed by atoms with Crippen molar-refractivity contribution >= 4 is 23.8 Å². The number of nitrogens with one attached hydrogen (secondary N) is 2. The number of carbonyl (C=O) groups excluding carboxylic acids is 4. The van der Waals surface area contributed by atoms with Crippen LogP contribution in [0, 0.1) is 0 Å². The van der Waals surface area contributed by atoms with Gasteiger partial charge < -0.3 is 20.1 Å². The van der Waals surface area contributed by atoms with Crippen LogP contribution in [0.15, 0.2) is 0 Å². The van der Waals surface area contributed by atoms with E-state index in [1.807, 2.05) is 0 Å². The summed E-state index contributed by atoms with van der Waals surface area (Å²) in [5.74, 6) is -1.91. The van der Waals surface area contributed by atoms with Crippen LogP contribution in [-0.2, 0) is 28.7 Å². The van der Waals surface area contributed by atoms with Crippen LogP contribution in [0.5, 0.6) is 0 Å². The first-order valence-electron chi connectivity index (χ1n) is 5.72. The molecule has 0 rings (SSSR count). The third kappa shape index (κ3) is 12.1. The summed E-state index contributed by atoms with van der Waals surface area (Å²) >= 11 is 0. The average molecular weight is 274 g/mol. The summed E-state index contributed by atoms with van der Waals surface area (Å²) in [6.07, 6.45) is -0.500. The lowest BCUT2D eigenvalue weighted by Gasteiger charge is -2.06. The Bertz CT molecular complexity index is 310. The molecule has 0 aliphatic rings. The van der Waals surface area contributed by atoms with E-state index < -0.39 is 18.4 Å². The Hall–Kier alpha value is -2.12. The highest BCUT2D eigenvalue weighted by Crippen LogP contribution is 1.90. The monoisotopic (exact) mass is 274 g/mol. The maximum Gasteiger partial charge on any atom is 0.317 e. The van der Waals surface area contributed by atoms with Gasteiger partial charge in [0.15, 0.2) is 0 Å². The molecule has 2 N–H and O–H groups in total. The molecule has 0 atom stereocenters. The number of esters is 2. The minimum absolute atomic E-state index is 0.00240. The summed E-state index contributed by atoms with van der Waals surface area (Å²) in [6, 6.07) is 0. The van der Waals surface area contributed by atoms with E-state index in [4.69, 9.17) is 0 Å². The van der Waals surface area contributed by atoms with E-state index in [-0.39, 0.29) is 38.1 Å². The van der Waals surface area contributed by atoms with E-state index in [0.29, 0.717) is 0 Å². The zero-order valence-electron chi connectivity index (χ0n) is 11.0. The molecular weight excluding hydrogens is 256 g/mol. The standard InChI is InChI=1S/C11H18N2O6/c1-8(14)12-3-5-18-10(16)7-11(17)19-6-4-13-9(2)15/h3-7H2,1-2H3,(H,12,14)(H,13,15). The molecule has 0 radical (unpaired) electrons. The Balaban J connectivity index is 3.55. The first-order valence-corrected chi connectivity index (χ1v) is 5.72. The van der Waals surface area contributed by atoms with Crippen LogP contribution in [0.4, 0.5) is 0 Å². The number of carbonyl (C=O) groups is 4. The van der Waals surface area contributed by atoms with Gasteiger partial charge >= 0.3 is 11.9 Å². The summed E-state index contributed by atoms with van der Waals surface area (Å²) in [6.45, 7) is 3.06. The van der Waals surface area contributed by atoms with Gasteiger partial charge in [-0.05, 0) is 0 Å². The molecule has 0 aliphatic heterocycles. The quantitative estimate of drug-likeness (QED) is 0.324. The van der Waals surface area contributed by atoms with Gasteiger partial charge in [-0.3, -0.25) is 19.2 Å². The zero-order chi connectivity index (χ0) is 14.7. The predicted octanol–water partition coefficient (Wildman–Crippen LogP) is -1.26. The molecule has 0 bridgehead atoms. The van der Waals surface area contributed by atoms with Crippen LogP contribution >= 0.6 is 0 Å². The molecule has 0 aromatic carbocycles. The second-order valence-corrected chi connectivity index (χ2v) is 3.58. The van der Waals surface area contributed by atoms with Crippen molar-refractivity contribution in [3.8, 4) is 0 Å². The third-order valence-corrected chi connectivity index (χ3v) is 1.77. The third-order valence-electron chi connectivity index (χ3n) is 1.77. The van der Waals surface area contributed by atoms with E-state index in [2.05, 4.69) is 20.1 Å². The smallest absolute Gasteiger partial charge is 0.317 e. The molecule has 0 fully saturated rings. The van der Waals surface area contributed by atoms with Gasteiger partial charge in [-0.1, -0.05) is 0 Å². The van der Waals surface area contributed by atoms with Crippen LogP contribution in [0.2, 0.25) is 0 Å². The molecule has 0 heterocycles. The minimum Gasteiger partial charge on any atom is -0.463 e. The first-order chi connectivity index (χ1) is 8.91. The van der Waals surface area contributed by atoms with Gasteiger partial charge in [0.2, 0.25) is 11.8 Å². The Morgan fingerprint density at radius 2 is 1.16 bits per heavy atom. The van der Waals surface area contributed by atoms with E-state index in [1.165, 1.54) is 13.8 Å². The molecule has 19 heavy (non-hydrogen) atoms. The Kier molecular flexibility index (Phi) is 8.76. The van der Waals surface area contributed by atoms with Gasteiger partial charge in [0.1, 0.15) is 19.6 Å². The fourth-order valence-electron chi connectivity index (χ4n) is 1.00. The van der Waals surface area contributed by atoms with Crippen LogP contribution in [0.25, 0.3) is 0 Å². The van der Waals surface area contributed by atoms with Gasteiger partial charge in [0.05, 0.1) is 13.1 Å². The summed E-state index contributed by atoms with van der Waals surface area (Å²) < 4.78 is 9.37. The molecule has 0 saturated heterocycles. The van der Waals surface area contributed by atoms with Crippen LogP contribution in [-0.4, -0.2) is 50.1 Å². The van der Waals surface area contributed by atoms with Gasteiger partial charge in [0, 0.05) is 13.8 Å². The molecule has 0 aromatic heterocycles. The molecule has 0 saturated carbocycles. The highest BCUT2D eigenvalue weighted by atomic mass is 16.6. The van der Waals surface area contributed by atoms with Gasteiger partial charge in [-0.15, -0.1) is 0 Å². The zero-order valence-corrected chi connectivity index (χ0v) is 11.0. The van der Waals surface area contributed by atoms with Crippen LogP contribution in [0.1, 0.15) is 20.3 Å². The van der Waals surface area contributed by atoms with E-state index in [0.717, 1.165) is 0 Å². The maximum absolute atomic E-state index is 11.1. The summed E-state index contributed by atoms with van der Waals surface area (Å²) in [7, 11) is 0. The largest absolute Gasteiger partial charge is 0.463 e. The fourth-order valence-corrected chi connectivity index (χ4v) is 1.00. The summed E-state index contributed by atoms with van der Waals surface area (Å²) in [5, 5.41) is 4.87. The molecule has 8 heteroatoms. The SMILES string of the molecule is CC(=O)NCCOC(=O)CC(=O)OCCNC(C)=O. The number of hydrogen-bond donors (Lipinski definition) is 2. The number of rotatable bonds is 8.